The molecule has 0 aliphatic carbocycles. The molecule has 3 rings (SSSR count). The van der Waals surface area contributed by atoms with Crippen molar-refractivity contribution in [2.45, 2.75) is 26.8 Å². The molecule has 0 saturated carbocycles. The Labute approximate surface area is 191 Å². The van der Waals surface area contributed by atoms with Crippen molar-refractivity contribution in [3.63, 3.8) is 0 Å². The molecule has 1 aromatic heterocycles. The van der Waals surface area contributed by atoms with Gasteiger partial charge in [-0.15, -0.1) is 0 Å². The highest BCUT2D eigenvalue weighted by Crippen LogP contribution is 2.29. The zero-order valence-corrected chi connectivity index (χ0v) is 18.6. The number of anilines is 1. The summed E-state index contributed by atoms with van der Waals surface area (Å²) in [6, 6.07) is 18.9. The fourth-order valence-corrected chi connectivity index (χ4v) is 3.32. The number of nitrogens with zero attached hydrogens (tertiary/aromatic N) is 2. The monoisotopic (exact) mass is 444 g/mol. The number of para-hydroxylation sites is 1. The van der Waals surface area contributed by atoms with Crippen molar-refractivity contribution < 1.29 is 19.1 Å². The first-order valence-corrected chi connectivity index (χ1v) is 10.3. The molecule has 2 aromatic carbocycles. The highest BCUT2D eigenvalue weighted by atomic mass is 16.5. The lowest BCUT2D eigenvalue weighted by Crippen LogP contribution is -2.40. The topological polar surface area (TPSA) is 113 Å². The Bertz CT molecular complexity index is 1210. The van der Waals surface area contributed by atoms with Crippen LogP contribution in [0.3, 0.4) is 0 Å². The molecule has 1 heterocycles. The summed E-state index contributed by atoms with van der Waals surface area (Å²) in [4.78, 5) is 37.0. The number of benzene rings is 2. The highest BCUT2D eigenvalue weighted by Gasteiger charge is 2.22. The van der Waals surface area contributed by atoms with Gasteiger partial charge in [0.05, 0.1) is 5.56 Å². The highest BCUT2D eigenvalue weighted by molar-refractivity contribution is 5.97. The molecule has 0 unspecified atom stereocenters. The Kier molecular flexibility index (Phi) is 7.26. The lowest BCUT2D eigenvalue weighted by Gasteiger charge is -2.15. The molecule has 0 aliphatic heterocycles. The van der Waals surface area contributed by atoms with Crippen molar-refractivity contribution in [3.8, 4) is 11.8 Å². The average Bonchev–Trinajstić information content (AvgIpc) is 3.07. The van der Waals surface area contributed by atoms with Gasteiger partial charge in [0.25, 0.3) is 11.8 Å². The molecule has 2 amide bonds. The number of hydrogen-bond acceptors (Lipinski definition) is 5. The van der Waals surface area contributed by atoms with Crippen LogP contribution in [0.25, 0.3) is 5.69 Å². The van der Waals surface area contributed by atoms with E-state index in [4.69, 9.17) is 4.74 Å². The Morgan fingerprint density at radius 3 is 2.24 bits per heavy atom. The molecule has 0 saturated heterocycles. The Balaban J connectivity index is 1.66. The molecule has 1 atom stereocenters. The van der Waals surface area contributed by atoms with Crippen LogP contribution in [0, 0.1) is 25.2 Å². The van der Waals surface area contributed by atoms with Gasteiger partial charge in [-0.1, -0.05) is 36.4 Å². The third-order valence-electron chi connectivity index (χ3n) is 5.18. The van der Waals surface area contributed by atoms with Crippen molar-refractivity contribution in [1.82, 2.24) is 9.88 Å². The standard InChI is InChI=1S/C25H24N4O4/c1-16-18(3)29(20-12-8-5-9-13-20)23(21(16)14-26)28-22(30)15-33-25(32)17(2)27-24(31)19-10-6-4-7-11-19/h4-13,17H,15H2,1-3H3,(H,27,31)(H,28,30)/t17-/m0/s1. The van der Waals surface area contributed by atoms with Gasteiger partial charge in [0.2, 0.25) is 0 Å². The lowest BCUT2D eigenvalue weighted by molar-refractivity contribution is -0.148. The molecule has 8 heteroatoms. The maximum Gasteiger partial charge on any atom is 0.328 e. The Morgan fingerprint density at radius 1 is 1.03 bits per heavy atom. The van der Waals surface area contributed by atoms with Gasteiger partial charge < -0.3 is 15.4 Å². The predicted octanol–water partition coefficient (Wildman–Crippen LogP) is 3.27. The van der Waals surface area contributed by atoms with Crippen LogP contribution in [0.15, 0.2) is 60.7 Å². The van der Waals surface area contributed by atoms with Gasteiger partial charge in [-0.25, -0.2) is 4.79 Å². The molecule has 0 aliphatic rings. The van der Waals surface area contributed by atoms with E-state index in [1.165, 1.54) is 6.92 Å². The molecule has 2 N–H and O–H groups in total. The zero-order chi connectivity index (χ0) is 24.0. The Morgan fingerprint density at radius 2 is 1.64 bits per heavy atom. The van der Waals surface area contributed by atoms with E-state index in [9.17, 15) is 19.6 Å². The first kappa shape index (κ1) is 23.3. The van der Waals surface area contributed by atoms with E-state index < -0.39 is 30.4 Å². The maximum atomic E-state index is 12.6. The summed E-state index contributed by atoms with van der Waals surface area (Å²) in [6.45, 7) is 4.57. The molecule has 0 fully saturated rings. The fraction of sp³-hybridized carbons (Fsp3) is 0.200. The predicted molar refractivity (Wildman–Crippen MR) is 123 cm³/mol. The summed E-state index contributed by atoms with van der Waals surface area (Å²) in [7, 11) is 0. The largest absolute Gasteiger partial charge is 0.454 e. The number of nitrogens with one attached hydrogen (secondary N) is 2. The quantitative estimate of drug-likeness (QED) is 0.543. The van der Waals surface area contributed by atoms with Crippen molar-refractivity contribution in [1.29, 1.82) is 5.26 Å². The van der Waals surface area contributed by atoms with Gasteiger partial charge in [0.15, 0.2) is 6.61 Å². The summed E-state index contributed by atoms with van der Waals surface area (Å²) in [6.07, 6.45) is 0. The molecule has 168 valence electrons. The van der Waals surface area contributed by atoms with Crippen LogP contribution in [-0.2, 0) is 14.3 Å². The number of hydrogen-bond donors (Lipinski definition) is 2. The fourth-order valence-electron chi connectivity index (χ4n) is 3.32. The summed E-state index contributed by atoms with van der Waals surface area (Å²) < 4.78 is 6.85. The van der Waals surface area contributed by atoms with E-state index in [2.05, 4.69) is 16.7 Å². The number of carbonyl (C=O) groups excluding carboxylic acids is 3. The van der Waals surface area contributed by atoms with E-state index in [0.717, 1.165) is 16.9 Å². The van der Waals surface area contributed by atoms with Crippen molar-refractivity contribution >= 4 is 23.6 Å². The third-order valence-corrected chi connectivity index (χ3v) is 5.18. The second kappa shape index (κ2) is 10.3. The van der Waals surface area contributed by atoms with Crippen molar-refractivity contribution in [2.24, 2.45) is 0 Å². The van der Waals surface area contributed by atoms with Crippen LogP contribution in [-0.4, -0.2) is 35.0 Å². The van der Waals surface area contributed by atoms with Crippen molar-refractivity contribution in [3.05, 3.63) is 83.0 Å². The molecule has 33 heavy (non-hydrogen) atoms. The average molecular weight is 444 g/mol. The maximum absolute atomic E-state index is 12.6. The summed E-state index contributed by atoms with van der Waals surface area (Å²) in [5.74, 6) is -1.46. The van der Waals surface area contributed by atoms with Crippen LogP contribution in [0.2, 0.25) is 0 Å². The minimum absolute atomic E-state index is 0.310. The second-order valence-electron chi connectivity index (χ2n) is 7.43. The van der Waals surface area contributed by atoms with Gasteiger partial charge >= 0.3 is 5.97 Å². The van der Waals surface area contributed by atoms with E-state index in [1.54, 1.807) is 41.8 Å². The van der Waals surface area contributed by atoms with Crippen molar-refractivity contribution in [2.75, 3.05) is 11.9 Å². The summed E-state index contributed by atoms with van der Waals surface area (Å²) in [5.41, 5.74) is 3.07. The van der Waals surface area contributed by atoms with E-state index >= 15 is 0 Å². The first-order chi connectivity index (χ1) is 15.8. The van der Waals surface area contributed by atoms with E-state index in [0.29, 0.717) is 16.9 Å². The zero-order valence-electron chi connectivity index (χ0n) is 18.6. The molecule has 3 aromatic rings. The van der Waals surface area contributed by atoms with Crippen LogP contribution in [0.5, 0.6) is 0 Å². The van der Waals surface area contributed by atoms with E-state index in [1.807, 2.05) is 37.3 Å². The number of carbonyl (C=O) groups is 3. The van der Waals surface area contributed by atoms with Gasteiger partial charge in [-0.2, -0.15) is 5.26 Å². The van der Waals surface area contributed by atoms with Crippen LogP contribution in [0.4, 0.5) is 5.82 Å². The number of aromatic nitrogens is 1. The first-order valence-electron chi connectivity index (χ1n) is 10.3. The molecular weight excluding hydrogens is 420 g/mol. The molecule has 8 nitrogen and oxygen atoms in total. The third kappa shape index (κ3) is 5.28. The lowest BCUT2D eigenvalue weighted by atomic mass is 10.2. The molecule has 0 radical (unpaired) electrons. The van der Waals surface area contributed by atoms with Crippen LogP contribution >= 0.6 is 0 Å². The number of nitriles is 1. The van der Waals surface area contributed by atoms with Gasteiger partial charge in [-0.05, 0) is 50.6 Å². The van der Waals surface area contributed by atoms with Crippen LogP contribution < -0.4 is 10.6 Å². The summed E-state index contributed by atoms with van der Waals surface area (Å²) in [5, 5.41) is 14.9. The molecular formula is C25H24N4O4. The van der Waals surface area contributed by atoms with Gasteiger partial charge in [0, 0.05) is 16.9 Å². The smallest absolute Gasteiger partial charge is 0.328 e. The number of rotatable bonds is 7. The number of ether oxygens (including phenoxy) is 1. The second-order valence-corrected chi connectivity index (χ2v) is 7.43. The molecule has 0 spiro atoms. The van der Waals surface area contributed by atoms with E-state index in [-0.39, 0.29) is 0 Å². The number of amides is 2. The minimum atomic E-state index is -0.946. The Hall–Kier alpha value is -4.38. The number of esters is 1. The normalized spacial score (nSPS) is 11.2. The summed E-state index contributed by atoms with van der Waals surface area (Å²) >= 11 is 0. The molecule has 0 bridgehead atoms. The van der Waals surface area contributed by atoms with Crippen LogP contribution in [0.1, 0.15) is 34.1 Å². The van der Waals surface area contributed by atoms with Gasteiger partial charge in [0.1, 0.15) is 17.9 Å². The minimum Gasteiger partial charge on any atom is -0.454 e. The van der Waals surface area contributed by atoms with Gasteiger partial charge in [-0.3, -0.25) is 14.2 Å². The SMILES string of the molecule is Cc1c(C#N)c(NC(=O)COC(=O)[C@H](C)NC(=O)c2ccccc2)n(-c2ccccc2)c1C.